The van der Waals surface area contributed by atoms with Crippen molar-refractivity contribution >= 4 is 34.7 Å². The molecule has 0 radical (unpaired) electrons. The molecule has 2 aliphatic rings. The predicted molar refractivity (Wildman–Crippen MR) is 141 cm³/mol. The lowest BCUT2D eigenvalue weighted by atomic mass is 9.95. The van der Waals surface area contributed by atoms with Crippen LogP contribution >= 0.6 is 22.9 Å². The van der Waals surface area contributed by atoms with Crippen LogP contribution in [0.15, 0.2) is 60.8 Å². The zero-order valence-electron chi connectivity index (χ0n) is 19.8. The first-order chi connectivity index (χ1) is 17.5. The summed E-state index contributed by atoms with van der Waals surface area (Å²) in [7, 11) is 1.56. The van der Waals surface area contributed by atoms with E-state index in [2.05, 4.69) is 16.1 Å². The van der Waals surface area contributed by atoms with E-state index in [0.29, 0.717) is 23.0 Å². The second-order valence-electron chi connectivity index (χ2n) is 9.15. The number of carbonyl (C=O) groups excluding carboxylic acids is 1. The number of carbonyl (C=O) groups is 1. The number of hydrogen-bond acceptors (Lipinski definition) is 3. The van der Waals surface area contributed by atoms with Gasteiger partial charge in [-0.25, -0.2) is 9.18 Å². The van der Waals surface area contributed by atoms with E-state index >= 15 is 0 Å². The highest BCUT2D eigenvalue weighted by Gasteiger charge is 2.36. The fraction of sp³-hybridized carbons (Fsp3) is 0.250. The number of rotatable bonds is 3. The van der Waals surface area contributed by atoms with Crippen molar-refractivity contribution in [1.29, 1.82) is 0 Å². The summed E-state index contributed by atoms with van der Waals surface area (Å²) in [6.07, 6.45) is 6.52. The number of fused-ring (bicyclic) bond motifs is 5. The van der Waals surface area contributed by atoms with Crippen LogP contribution in [0.3, 0.4) is 0 Å². The summed E-state index contributed by atoms with van der Waals surface area (Å²) in [6.45, 7) is 0.444. The minimum absolute atomic E-state index is 0.277. The first-order valence-corrected chi connectivity index (χ1v) is 13.2. The molecule has 2 aromatic heterocycles. The number of ether oxygens (including phenoxy) is 1. The molecule has 184 valence electrons. The summed E-state index contributed by atoms with van der Waals surface area (Å²) >= 11 is 8.07. The van der Waals surface area contributed by atoms with E-state index < -0.39 is 6.04 Å². The number of nitrogens with zero attached hydrogens (tertiary/aromatic N) is 2. The van der Waals surface area contributed by atoms with Crippen LogP contribution in [0.4, 0.5) is 14.9 Å². The van der Waals surface area contributed by atoms with Gasteiger partial charge in [0.1, 0.15) is 16.6 Å². The summed E-state index contributed by atoms with van der Waals surface area (Å²) in [4.78, 5) is 17.3. The molecule has 3 heterocycles. The Morgan fingerprint density at radius 3 is 2.72 bits per heavy atom. The first kappa shape index (κ1) is 23.1. The molecule has 8 heteroatoms. The highest BCUT2D eigenvalue weighted by atomic mass is 35.5. The van der Waals surface area contributed by atoms with Crippen molar-refractivity contribution in [3.05, 3.63) is 98.9 Å². The van der Waals surface area contributed by atoms with Crippen LogP contribution in [0.2, 0.25) is 5.02 Å². The van der Waals surface area contributed by atoms with Gasteiger partial charge < -0.3 is 19.5 Å². The third-order valence-corrected chi connectivity index (χ3v) is 8.60. The normalized spacial score (nSPS) is 16.5. The Bertz CT molecular complexity index is 1450. The van der Waals surface area contributed by atoms with E-state index in [9.17, 15) is 9.18 Å². The molecule has 1 atom stereocenters. The molecule has 0 saturated heterocycles. The van der Waals surface area contributed by atoms with Gasteiger partial charge in [-0.1, -0.05) is 23.7 Å². The van der Waals surface area contributed by atoms with E-state index in [-0.39, 0.29) is 11.8 Å². The van der Waals surface area contributed by atoms with E-state index in [1.165, 1.54) is 39.6 Å². The average Bonchev–Trinajstić information content (AvgIpc) is 3.47. The number of nitrogens with one attached hydrogen (secondary N) is 1. The standard InChI is InChI=1S/C28H25ClFN3O2S/c1-35-24-13-10-18(29)15-22(24)31-28(34)33-16-21-20-5-2-3-7-25(20)36-27(21)32-14-4-6-23(32)26(33)17-8-11-19(30)12-9-17/h4,6,8-15,26H,2-3,5,7,16H2,1H3,(H,31,34)/t26-/m0/s1. The Labute approximate surface area is 218 Å². The molecule has 0 saturated carbocycles. The molecule has 36 heavy (non-hydrogen) atoms. The summed E-state index contributed by atoms with van der Waals surface area (Å²) in [6, 6.07) is 14.9. The van der Waals surface area contributed by atoms with Gasteiger partial charge in [-0.3, -0.25) is 0 Å². The molecule has 2 amide bonds. The van der Waals surface area contributed by atoms with Crippen molar-refractivity contribution in [1.82, 2.24) is 9.47 Å². The number of aromatic nitrogens is 1. The van der Waals surface area contributed by atoms with Crippen LogP contribution in [0.5, 0.6) is 5.75 Å². The maximum Gasteiger partial charge on any atom is 0.323 e. The van der Waals surface area contributed by atoms with Crippen LogP contribution in [0.25, 0.3) is 5.00 Å². The Kier molecular flexibility index (Phi) is 5.97. The molecule has 0 unspecified atom stereocenters. The molecule has 4 aromatic rings. The predicted octanol–water partition coefficient (Wildman–Crippen LogP) is 7.36. The molecule has 5 nitrogen and oxygen atoms in total. The first-order valence-electron chi connectivity index (χ1n) is 12.0. The van der Waals surface area contributed by atoms with Gasteiger partial charge >= 0.3 is 6.03 Å². The van der Waals surface area contributed by atoms with Crippen molar-refractivity contribution < 1.29 is 13.9 Å². The Hall–Kier alpha value is -3.29. The third-order valence-electron chi connectivity index (χ3n) is 7.03. The largest absolute Gasteiger partial charge is 0.495 e. The molecule has 1 N–H and O–H groups in total. The lowest BCUT2D eigenvalue weighted by molar-refractivity contribution is 0.194. The van der Waals surface area contributed by atoms with E-state index in [0.717, 1.165) is 30.5 Å². The van der Waals surface area contributed by atoms with Crippen LogP contribution < -0.4 is 10.1 Å². The van der Waals surface area contributed by atoms with Crippen molar-refractivity contribution in [2.24, 2.45) is 0 Å². The van der Waals surface area contributed by atoms with Gasteiger partial charge in [-0.15, -0.1) is 11.3 Å². The summed E-state index contributed by atoms with van der Waals surface area (Å²) in [5.74, 6) is 0.216. The highest BCUT2D eigenvalue weighted by molar-refractivity contribution is 7.15. The lowest BCUT2D eigenvalue weighted by Gasteiger charge is -2.31. The van der Waals surface area contributed by atoms with Gasteiger partial charge in [0.05, 0.1) is 31.1 Å². The van der Waals surface area contributed by atoms with E-state index in [1.54, 1.807) is 37.4 Å². The number of methoxy groups -OCH3 is 1. The molecule has 1 aliphatic carbocycles. The van der Waals surface area contributed by atoms with Gasteiger partial charge in [0, 0.05) is 21.7 Å². The fourth-order valence-electron chi connectivity index (χ4n) is 5.35. The van der Waals surface area contributed by atoms with Crippen molar-refractivity contribution in [2.45, 2.75) is 38.3 Å². The maximum absolute atomic E-state index is 14.0. The average molecular weight is 522 g/mol. The monoisotopic (exact) mass is 521 g/mol. The minimum Gasteiger partial charge on any atom is -0.495 e. The molecule has 0 bridgehead atoms. The van der Waals surface area contributed by atoms with Crippen molar-refractivity contribution in [2.75, 3.05) is 12.4 Å². The zero-order valence-corrected chi connectivity index (χ0v) is 21.3. The number of benzene rings is 2. The molecular weight excluding hydrogens is 497 g/mol. The van der Waals surface area contributed by atoms with E-state index in [1.807, 2.05) is 28.4 Å². The number of amides is 2. The fourth-order valence-corrected chi connectivity index (χ4v) is 6.92. The van der Waals surface area contributed by atoms with Crippen molar-refractivity contribution in [3.63, 3.8) is 0 Å². The van der Waals surface area contributed by atoms with Gasteiger partial charge in [0.15, 0.2) is 0 Å². The number of hydrogen-bond donors (Lipinski definition) is 1. The Morgan fingerprint density at radius 2 is 1.92 bits per heavy atom. The van der Waals surface area contributed by atoms with Crippen molar-refractivity contribution in [3.8, 4) is 10.8 Å². The molecule has 6 rings (SSSR count). The smallest absolute Gasteiger partial charge is 0.323 e. The number of halogens is 2. The van der Waals surface area contributed by atoms with Crippen LogP contribution in [0, 0.1) is 5.82 Å². The maximum atomic E-state index is 14.0. The van der Waals surface area contributed by atoms with Gasteiger partial charge in [0.2, 0.25) is 0 Å². The Morgan fingerprint density at radius 1 is 1.11 bits per heavy atom. The molecule has 0 fully saturated rings. The quantitative estimate of drug-likeness (QED) is 0.306. The third kappa shape index (κ3) is 3.96. The number of anilines is 1. The molecule has 0 spiro atoms. The molecule has 2 aromatic carbocycles. The highest BCUT2D eigenvalue weighted by Crippen LogP contribution is 2.44. The lowest BCUT2D eigenvalue weighted by Crippen LogP contribution is -2.38. The minimum atomic E-state index is -0.412. The van der Waals surface area contributed by atoms with Gasteiger partial charge in [-0.2, -0.15) is 0 Å². The van der Waals surface area contributed by atoms with Gasteiger partial charge in [-0.05, 0) is 79.3 Å². The summed E-state index contributed by atoms with van der Waals surface area (Å²) < 4.78 is 21.5. The number of urea groups is 1. The summed E-state index contributed by atoms with van der Waals surface area (Å²) in [5, 5.41) is 4.71. The molecule has 1 aliphatic heterocycles. The van der Waals surface area contributed by atoms with Crippen LogP contribution in [-0.2, 0) is 19.4 Å². The van der Waals surface area contributed by atoms with Crippen LogP contribution in [0.1, 0.15) is 46.1 Å². The topological polar surface area (TPSA) is 46.5 Å². The summed E-state index contributed by atoms with van der Waals surface area (Å²) in [5.41, 5.74) is 4.88. The van der Waals surface area contributed by atoms with E-state index in [4.69, 9.17) is 16.3 Å². The Balaban J connectivity index is 1.49. The number of thiophene rings is 1. The van der Waals surface area contributed by atoms with Gasteiger partial charge in [0.25, 0.3) is 0 Å². The molecular formula is C28H25ClFN3O2S. The van der Waals surface area contributed by atoms with Crippen LogP contribution in [-0.4, -0.2) is 22.6 Å². The second kappa shape index (κ2) is 9.30. The SMILES string of the molecule is COc1ccc(Cl)cc1NC(=O)N1Cc2c(sc3c2CCCC3)-n2cccc2[C@@H]1c1ccc(F)cc1. The zero-order chi connectivity index (χ0) is 24.8. The second-order valence-corrected chi connectivity index (χ2v) is 10.7. The number of aryl methyl sites for hydroxylation is 1.